The molecule has 2 fully saturated rings. The topological polar surface area (TPSA) is 88.2 Å². The third-order valence-electron chi connectivity index (χ3n) is 8.82. The van der Waals surface area contributed by atoms with E-state index in [4.69, 9.17) is 9.47 Å². The third kappa shape index (κ3) is 3.16. The van der Waals surface area contributed by atoms with Crippen molar-refractivity contribution in [2.45, 2.75) is 44.2 Å². The summed E-state index contributed by atoms with van der Waals surface area (Å²) in [6.45, 7) is 8.09. The predicted molar refractivity (Wildman–Crippen MR) is 141 cm³/mol. The van der Waals surface area contributed by atoms with Crippen LogP contribution in [0.25, 0.3) is 0 Å². The molecule has 2 aromatic rings. The van der Waals surface area contributed by atoms with E-state index in [0.717, 1.165) is 35.4 Å². The van der Waals surface area contributed by atoms with E-state index in [2.05, 4.69) is 11.9 Å². The molecule has 2 aromatic carbocycles. The molecule has 5 heterocycles. The van der Waals surface area contributed by atoms with Crippen LogP contribution in [-0.4, -0.2) is 42.4 Å². The van der Waals surface area contributed by atoms with Crippen LogP contribution in [0.5, 0.6) is 0 Å². The highest BCUT2D eigenvalue weighted by Gasteiger charge is 2.54. The first-order chi connectivity index (χ1) is 18.4. The van der Waals surface area contributed by atoms with Crippen LogP contribution in [0.4, 0.5) is 11.4 Å². The lowest BCUT2D eigenvalue weighted by Crippen LogP contribution is -2.44. The molecule has 7 rings (SSSR count). The molecular weight excluding hydrogens is 482 g/mol. The van der Waals surface area contributed by atoms with Gasteiger partial charge in [0, 0.05) is 55.3 Å². The summed E-state index contributed by atoms with van der Waals surface area (Å²) >= 11 is 0. The Morgan fingerprint density at radius 1 is 1.13 bits per heavy atom. The average molecular weight is 512 g/mol. The van der Waals surface area contributed by atoms with E-state index in [-0.39, 0.29) is 29.7 Å². The van der Waals surface area contributed by atoms with Crippen LogP contribution in [0.3, 0.4) is 0 Å². The van der Waals surface area contributed by atoms with Crippen molar-refractivity contribution in [2.24, 2.45) is 5.92 Å². The van der Waals surface area contributed by atoms with Crippen molar-refractivity contribution in [3.05, 3.63) is 82.7 Å². The lowest BCUT2D eigenvalue weighted by atomic mass is 9.79. The lowest BCUT2D eigenvalue weighted by molar-refractivity contribution is -0.113. The number of hydrogen-bond acceptors (Lipinski definition) is 6. The van der Waals surface area contributed by atoms with E-state index in [9.17, 15) is 14.4 Å². The van der Waals surface area contributed by atoms with Gasteiger partial charge in [-0.2, -0.15) is 0 Å². The molecule has 8 heteroatoms. The number of piperidine rings is 1. The first-order valence-electron chi connectivity index (χ1n) is 13.3. The molecule has 0 radical (unpaired) electrons. The molecule has 5 aliphatic rings. The van der Waals surface area contributed by atoms with Crippen LogP contribution in [-0.2, 0) is 19.9 Å². The van der Waals surface area contributed by atoms with Crippen molar-refractivity contribution < 1.29 is 23.9 Å². The fraction of sp³-hybridized carbons (Fsp3) is 0.367. The number of fused-ring (bicyclic) bond motifs is 6. The van der Waals surface area contributed by atoms with Gasteiger partial charge in [0.1, 0.15) is 11.3 Å². The Bertz CT molecular complexity index is 1460. The van der Waals surface area contributed by atoms with Crippen LogP contribution in [0.1, 0.15) is 70.5 Å². The molecule has 2 atom stereocenters. The third-order valence-corrected chi connectivity index (χ3v) is 8.82. The number of amides is 2. The molecule has 2 amide bonds. The molecule has 2 unspecified atom stereocenters. The van der Waals surface area contributed by atoms with Gasteiger partial charge in [-0.25, -0.2) is 4.79 Å². The van der Waals surface area contributed by atoms with Crippen LogP contribution in [0.2, 0.25) is 0 Å². The normalized spacial score (nSPS) is 27.1. The highest BCUT2D eigenvalue weighted by molar-refractivity contribution is 6.14. The fourth-order valence-corrected chi connectivity index (χ4v) is 6.89. The SMILES string of the molecule is C=C(C1CCOCC1)N1/C(=C\C)C(=O)Nc2cc3c(cc21)C1CC2(CCN1C3=O)OC(=O)c1ccccc12. The molecule has 0 aromatic heterocycles. The number of rotatable bonds is 2. The molecule has 1 spiro atoms. The molecule has 194 valence electrons. The van der Waals surface area contributed by atoms with Gasteiger partial charge >= 0.3 is 5.97 Å². The zero-order chi connectivity index (χ0) is 26.2. The lowest BCUT2D eigenvalue weighted by Gasteiger charge is -2.41. The Balaban J connectivity index is 1.32. The fourth-order valence-electron chi connectivity index (χ4n) is 6.89. The molecule has 38 heavy (non-hydrogen) atoms. The van der Waals surface area contributed by atoms with Gasteiger partial charge in [-0.1, -0.05) is 30.9 Å². The van der Waals surface area contributed by atoms with Crippen molar-refractivity contribution >= 4 is 29.2 Å². The molecule has 1 N–H and O–H groups in total. The van der Waals surface area contributed by atoms with E-state index in [0.29, 0.717) is 55.1 Å². The van der Waals surface area contributed by atoms with Gasteiger partial charge < -0.3 is 24.6 Å². The first kappa shape index (κ1) is 23.2. The van der Waals surface area contributed by atoms with Crippen LogP contribution in [0.15, 0.2) is 60.4 Å². The van der Waals surface area contributed by atoms with Gasteiger partial charge in [0.05, 0.1) is 23.0 Å². The minimum Gasteiger partial charge on any atom is -0.450 e. The maximum absolute atomic E-state index is 13.5. The van der Waals surface area contributed by atoms with Crippen LogP contribution in [0, 0.1) is 5.92 Å². The number of ether oxygens (including phenoxy) is 2. The molecule has 2 saturated heterocycles. The number of hydrogen-bond donors (Lipinski definition) is 1. The number of esters is 1. The van der Waals surface area contributed by atoms with E-state index in [1.54, 1.807) is 12.1 Å². The van der Waals surface area contributed by atoms with Gasteiger partial charge in [0.25, 0.3) is 11.8 Å². The van der Waals surface area contributed by atoms with Crippen molar-refractivity contribution in [3.63, 3.8) is 0 Å². The number of anilines is 2. The van der Waals surface area contributed by atoms with E-state index >= 15 is 0 Å². The molecule has 5 aliphatic heterocycles. The minimum atomic E-state index is -0.749. The average Bonchev–Trinajstić information content (AvgIpc) is 3.36. The summed E-state index contributed by atoms with van der Waals surface area (Å²) in [4.78, 5) is 43.2. The van der Waals surface area contributed by atoms with Crippen LogP contribution >= 0.6 is 0 Å². The summed E-state index contributed by atoms with van der Waals surface area (Å²) in [5.41, 5.74) is 5.04. The van der Waals surface area contributed by atoms with E-state index in [1.807, 2.05) is 47.1 Å². The van der Waals surface area contributed by atoms with E-state index in [1.165, 1.54) is 0 Å². The largest absolute Gasteiger partial charge is 0.450 e. The van der Waals surface area contributed by atoms with Gasteiger partial charge in [-0.05, 0) is 43.5 Å². The van der Waals surface area contributed by atoms with Gasteiger partial charge in [0.2, 0.25) is 0 Å². The number of benzene rings is 2. The molecule has 0 saturated carbocycles. The van der Waals surface area contributed by atoms with Crippen LogP contribution < -0.4 is 10.2 Å². The van der Waals surface area contributed by atoms with Crippen molar-refractivity contribution in [2.75, 3.05) is 30.0 Å². The summed E-state index contributed by atoms with van der Waals surface area (Å²) in [7, 11) is 0. The zero-order valence-corrected chi connectivity index (χ0v) is 21.3. The maximum atomic E-state index is 13.5. The second-order valence-electron chi connectivity index (χ2n) is 10.7. The Kier molecular flexibility index (Phi) is 5.07. The number of carbonyl (C=O) groups is 3. The number of nitrogens with zero attached hydrogens (tertiary/aromatic N) is 2. The summed E-state index contributed by atoms with van der Waals surface area (Å²) in [5, 5.41) is 2.99. The number of carbonyl (C=O) groups excluding carboxylic acids is 3. The summed E-state index contributed by atoms with van der Waals surface area (Å²) in [6, 6.07) is 11.2. The molecule has 0 aliphatic carbocycles. The smallest absolute Gasteiger partial charge is 0.339 e. The summed E-state index contributed by atoms with van der Waals surface area (Å²) in [6.07, 6.45) is 4.54. The van der Waals surface area contributed by atoms with Gasteiger partial charge in [-0.3, -0.25) is 9.59 Å². The molecule has 8 nitrogen and oxygen atoms in total. The Morgan fingerprint density at radius 2 is 1.92 bits per heavy atom. The number of nitrogens with one attached hydrogen (secondary N) is 1. The van der Waals surface area contributed by atoms with Crippen molar-refractivity contribution in [3.8, 4) is 0 Å². The van der Waals surface area contributed by atoms with E-state index < -0.39 is 5.60 Å². The van der Waals surface area contributed by atoms with Gasteiger partial charge in [-0.15, -0.1) is 0 Å². The van der Waals surface area contributed by atoms with Crippen molar-refractivity contribution in [1.29, 1.82) is 0 Å². The summed E-state index contributed by atoms with van der Waals surface area (Å²) in [5.74, 6) is -0.384. The minimum absolute atomic E-state index is 0.0545. The molecular formula is C30H29N3O5. The van der Waals surface area contributed by atoms with Gasteiger partial charge in [0.15, 0.2) is 0 Å². The van der Waals surface area contributed by atoms with Crippen molar-refractivity contribution in [1.82, 2.24) is 4.90 Å². The second kappa shape index (κ2) is 8.30. The quantitative estimate of drug-likeness (QED) is 0.467. The second-order valence-corrected chi connectivity index (χ2v) is 10.7. The highest BCUT2D eigenvalue weighted by atomic mass is 16.6. The Hall–Kier alpha value is -3.91. The zero-order valence-electron chi connectivity index (χ0n) is 21.3. The Morgan fingerprint density at radius 3 is 2.71 bits per heavy atom. The standard InChI is InChI=1S/C30H29N3O5/c1-3-24-27(34)31-23-14-21-20(15-25(23)33(24)17(2)18-8-12-37-13-9-18)26-16-30(10-11-32(26)28(21)35)22-7-5-4-6-19(22)29(36)38-30/h3-7,14-15,18,26H,2,8-13,16H2,1H3,(H,31,34)/b24-3-. The first-order valence-corrected chi connectivity index (χ1v) is 13.3. The molecule has 0 bridgehead atoms. The number of allylic oxidation sites excluding steroid dienone is 2. The monoisotopic (exact) mass is 511 g/mol. The highest BCUT2D eigenvalue weighted by Crippen LogP contribution is 2.54. The maximum Gasteiger partial charge on any atom is 0.339 e. The summed E-state index contributed by atoms with van der Waals surface area (Å²) < 4.78 is 11.6. The Labute approximate surface area is 220 Å². The predicted octanol–water partition coefficient (Wildman–Crippen LogP) is 4.65.